The third kappa shape index (κ3) is 2.19. The van der Waals surface area contributed by atoms with E-state index in [-0.39, 0.29) is 11.3 Å². The lowest BCUT2D eigenvalue weighted by Crippen LogP contribution is -2.02. The number of carbonyl (C=O) groups is 1. The van der Waals surface area contributed by atoms with E-state index in [4.69, 9.17) is 11.6 Å². The summed E-state index contributed by atoms with van der Waals surface area (Å²) < 4.78 is 14.0. The average molecular weight is 320 g/mol. The first-order valence-corrected chi connectivity index (χ1v) is 6.37. The van der Waals surface area contributed by atoms with Crippen LogP contribution in [0.25, 0.3) is 0 Å². The molecule has 16 heavy (non-hydrogen) atoms. The molecule has 0 aliphatic carbocycles. The van der Waals surface area contributed by atoms with Gasteiger partial charge in [-0.1, -0.05) is 17.7 Å². The molecule has 0 atom stereocenters. The van der Waals surface area contributed by atoms with Gasteiger partial charge in [-0.25, -0.2) is 4.39 Å². The lowest BCUT2D eigenvalue weighted by Gasteiger charge is -2.03. The molecule has 0 bridgehead atoms. The SMILES string of the molecule is O=C(c1cccs1)c1cc(Cl)c(Br)cc1F. The van der Waals surface area contributed by atoms with E-state index in [1.54, 1.807) is 17.5 Å². The summed E-state index contributed by atoms with van der Waals surface area (Å²) in [6, 6.07) is 5.94. The second kappa shape index (κ2) is 4.65. The normalized spacial score (nSPS) is 10.4. The van der Waals surface area contributed by atoms with E-state index in [2.05, 4.69) is 15.9 Å². The van der Waals surface area contributed by atoms with Gasteiger partial charge in [0.05, 0.1) is 15.5 Å². The van der Waals surface area contributed by atoms with Gasteiger partial charge < -0.3 is 0 Å². The highest BCUT2D eigenvalue weighted by Gasteiger charge is 2.16. The Labute approximate surface area is 109 Å². The van der Waals surface area contributed by atoms with Crippen LogP contribution in [-0.4, -0.2) is 5.78 Å². The van der Waals surface area contributed by atoms with Crippen molar-refractivity contribution in [3.63, 3.8) is 0 Å². The van der Waals surface area contributed by atoms with Crippen molar-refractivity contribution in [3.8, 4) is 0 Å². The van der Waals surface area contributed by atoms with Crippen LogP contribution >= 0.6 is 38.9 Å². The van der Waals surface area contributed by atoms with E-state index < -0.39 is 5.82 Å². The lowest BCUT2D eigenvalue weighted by atomic mass is 10.1. The van der Waals surface area contributed by atoms with Gasteiger partial charge in [-0.2, -0.15) is 0 Å². The monoisotopic (exact) mass is 318 g/mol. The molecule has 0 spiro atoms. The average Bonchev–Trinajstić information content (AvgIpc) is 2.75. The minimum Gasteiger partial charge on any atom is -0.288 e. The molecule has 0 fully saturated rings. The summed E-state index contributed by atoms with van der Waals surface area (Å²) in [6.07, 6.45) is 0. The number of ketones is 1. The largest absolute Gasteiger partial charge is 0.288 e. The van der Waals surface area contributed by atoms with Crippen LogP contribution in [0.15, 0.2) is 34.1 Å². The van der Waals surface area contributed by atoms with Gasteiger partial charge in [-0.3, -0.25) is 4.79 Å². The third-order valence-electron chi connectivity index (χ3n) is 2.00. The summed E-state index contributed by atoms with van der Waals surface area (Å²) in [5.41, 5.74) is -0.00403. The maximum atomic E-state index is 13.6. The summed E-state index contributed by atoms with van der Waals surface area (Å²) in [5.74, 6) is -0.920. The van der Waals surface area contributed by atoms with E-state index in [0.29, 0.717) is 14.4 Å². The first-order chi connectivity index (χ1) is 7.59. The number of hydrogen-bond acceptors (Lipinski definition) is 2. The molecule has 0 saturated carbocycles. The Hall–Kier alpha value is -0.710. The highest BCUT2D eigenvalue weighted by molar-refractivity contribution is 9.10. The fraction of sp³-hybridized carbons (Fsp3) is 0. The molecule has 1 aromatic carbocycles. The number of hydrogen-bond donors (Lipinski definition) is 0. The molecule has 0 aliphatic heterocycles. The second-order valence-corrected chi connectivity index (χ2v) is 5.26. The first kappa shape index (κ1) is 11.8. The van der Waals surface area contributed by atoms with Gasteiger partial charge in [-0.05, 0) is 39.5 Å². The molecule has 1 nitrogen and oxygen atoms in total. The molecule has 0 aliphatic rings. The summed E-state index contributed by atoms with van der Waals surface area (Å²) in [6.45, 7) is 0. The fourth-order valence-corrected chi connectivity index (χ4v) is 2.39. The summed E-state index contributed by atoms with van der Waals surface area (Å²) in [5, 5.41) is 2.09. The van der Waals surface area contributed by atoms with E-state index in [9.17, 15) is 9.18 Å². The molecule has 1 heterocycles. The van der Waals surface area contributed by atoms with Crippen molar-refractivity contribution in [1.82, 2.24) is 0 Å². The summed E-state index contributed by atoms with van der Waals surface area (Å²) in [4.78, 5) is 12.4. The van der Waals surface area contributed by atoms with Crippen molar-refractivity contribution in [2.45, 2.75) is 0 Å². The van der Waals surface area contributed by atoms with Gasteiger partial charge in [0.1, 0.15) is 5.82 Å². The Balaban J connectivity index is 2.49. The van der Waals surface area contributed by atoms with Crippen LogP contribution in [0.2, 0.25) is 5.02 Å². The van der Waals surface area contributed by atoms with Crippen LogP contribution in [0.3, 0.4) is 0 Å². The van der Waals surface area contributed by atoms with Crippen LogP contribution in [-0.2, 0) is 0 Å². The van der Waals surface area contributed by atoms with Crippen molar-refractivity contribution >= 4 is 44.7 Å². The van der Waals surface area contributed by atoms with Gasteiger partial charge in [0, 0.05) is 4.47 Å². The zero-order valence-electron chi connectivity index (χ0n) is 7.84. The Morgan fingerprint density at radius 1 is 1.44 bits per heavy atom. The maximum Gasteiger partial charge on any atom is 0.205 e. The summed E-state index contributed by atoms with van der Waals surface area (Å²) >= 11 is 10.2. The van der Waals surface area contributed by atoms with Crippen LogP contribution in [0, 0.1) is 5.82 Å². The quantitative estimate of drug-likeness (QED) is 0.587. The van der Waals surface area contributed by atoms with Crippen LogP contribution in [0.1, 0.15) is 15.2 Å². The highest BCUT2D eigenvalue weighted by Crippen LogP contribution is 2.27. The molecule has 0 radical (unpaired) electrons. The van der Waals surface area contributed by atoms with E-state index >= 15 is 0 Å². The molecule has 5 heteroatoms. The lowest BCUT2D eigenvalue weighted by molar-refractivity contribution is 0.103. The molecule has 0 amide bonds. The summed E-state index contributed by atoms with van der Waals surface area (Å²) in [7, 11) is 0. The van der Waals surface area contributed by atoms with Gasteiger partial charge in [0.15, 0.2) is 0 Å². The topological polar surface area (TPSA) is 17.1 Å². The highest BCUT2D eigenvalue weighted by atomic mass is 79.9. The van der Waals surface area contributed by atoms with Crippen molar-refractivity contribution in [2.75, 3.05) is 0 Å². The van der Waals surface area contributed by atoms with Crippen molar-refractivity contribution in [2.24, 2.45) is 0 Å². The predicted molar refractivity (Wildman–Crippen MR) is 66.9 cm³/mol. The molecule has 0 saturated heterocycles. The molecule has 82 valence electrons. The van der Waals surface area contributed by atoms with Gasteiger partial charge >= 0.3 is 0 Å². The molecule has 0 N–H and O–H groups in total. The van der Waals surface area contributed by atoms with E-state index in [1.165, 1.54) is 23.5 Å². The fourth-order valence-electron chi connectivity index (χ4n) is 1.24. The number of carbonyl (C=O) groups excluding carboxylic acids is 1. The second-order valence-electron chi connectivity index (χ2n) is 3.05. The zero-order chi connectivity index (χ0) is 11.7. The Kier molecular flexibility index (Phi) is 3.42. The molecular weight excluding hydrogens is 315 g/mol. The van der Waals surface area contributed by atoms with E-state index in [0.717, 1.165) is 0 Å². The maximum absolute atomic E-state index is 13.6. The minimum atomic E-state index is -0.574. The van der Waals surface area contributed by atoms with Crippen LogP contribution in [0.5, 0.6) is 0 Å². The standard InChI is InChI=1S/C11H5BrClFOS/c12-7-5-9(14)6(4-8(7)13)11(15)10-2-1-3-16-10/h1-5H. The number of thiophene rings is 1. The van der Waals surface area contributed by atoms with Gasteiger partial charge in [0.2, 0.25) is 5.78 Å². The van der Waals surface area contributed by atoms with Gasteiger partial charge in [-0.15, -0.1) is 11.3 Å². The number of rotatable bonds is 2. The number of benzene rings is 1. The van der Waals surface area contributed by atoms with Gasteiger partial charge in [0.25, 0.3) is 0 Å². The van der Waals surface area contributed by atoms with Crippen molar-refractivity contribution in [1.29, 1.82) is 0 Å². The Bertz CT molecular complexity index is 539. The van der Waals surface area contributed by atoms with Crippen molar-refractivity contribution in [3.05, 3.63) is 55.4 Å². The molecular formula is C11H5BrClFOS. The Morgan fingerprint density at radius 2 is 2.19 bits per heavy atom. The Morgan fingerprint density at radius 3 is 2.81 bits per heavy atom. The molecule has 2 aromatic rings. The molecule has 1 aromatic heterocycles. The predicted octanol–water partition coefficient (Wildman–Crippen LogP) is 4.53. The first-order valence-electron chi connectivity index (χ1n) is 4.32. The van der Waals surface area contributed by atoms with Crippen LogP contribution < -0.4 is 0 Å². The minimum absolute atomic E-state index is 0.00403. The molecule has 2 rings (SSSR count). The zero-order valence-corrected chi connectivity index (χ0v) is 11.0. The molecule has 0 unspecified atom stereocenters. The third-order valence-corrected chi connectivity index (χ3v) is 4.07. The van der Waals surface area contributed by atoms with Crippen molar-refractivity contribution < 1.29 is 9.18 Å². The smallest absolute Gasteiger partial charge is 0.205 e. The van der Waals surface area contributed by atoms with E-state index in [1.807, 2.05) is 0 Å². The number of halogens is 3. The van der Waals surface area contributed by atoms with Crippen LogP contribution in [0.4, 0.5) is 4.39 Å².